The Bertz CT molecular complexity index is 1040. The number of hydrogen-bond acceptors (Lipinski definition) is 6. The molecule has 0 unspecified atom stereocenters. The average molecular weight is 441 g/mol. The number of rotatable bonds is 4. The molecule has 0 saturated heterocycles. The second-order valence-electron chi connectivity index (χ2n) is 6.56. The van der Waals surface area contributed by atoms with Gasteiger partial charge in [0, 0.05) is 18.4 Å². The third-order valence-electron chi connectivity index (χ3n) is 4.78. The number of Topliss-reactive ketones (excluding diaryl/α,β-unsaturated/α-hetero) is 1. The molecule has 28 heavy (non-hydrogen) atoms. The predicted octanol–water partition coefficient (Wildman–Crippen LogP) is 4.44. The number of carbonyl (C=O) groups excluding carboxylic acids is 1. The van der Waals surface area contributed by atoms with Crippen molar-refractivity contribution in [2.75, 3.05) is 0 Å². The van der Waals surface area contributed by atoms with Crippen LogP contribution in [0.1, 0.15) is 36.7 Å². The Morgan fingerprint density at radius 1 is 1.25 bits per heavy atom. The maximum absolute atomic E-state index is 12.6. The summed E-state index contributed by atoms with van der Waals surface area (Å²) in [5.74, 6) is 1.66. The summed E-state index contributed by atoms with van der Waals surface area (Å²) in [6, 6.07) is 13.1. The average Bonchev–Trinajstić information content (AvgIpc) is 3.15. The Morgan fingerprint density at radius 2 is 2.07 bits per heavy atom. The first-order valence-corrected chi connectivity index (χ1v) is 9.67. The number of hydrogen-bond donors (Lipinski definition) is 1. The first-order valence-electron chi connectivity index (χ1n) is 8.88. The second kappa shape index (κ2) is 7.56. The number of carbonyl (C=O) groups is 1. The highest BCUT2D eigenvalue weighted by Gasteiger charge is 2.39. The molecule has 2 heterocycles. The lowest BCUT2D eigenvalue weighted by molar-refractivity contribution is -0.116. The van der Waals surface area contributed by atoms with Gasteiger partial charge >= 0.3 is 0 Å². The van der Waals surface area contributed by atoms with Crippen molar-refractivity contribution >= 4 is 21.7 Å². The third-order valence-corrected chi connectivity index (χ3v) is 5.43. The number of ether oxygens (including phenoxy) is 2. The van der Waals surface area contributed by atoms with Gasteiger partial charge in [-0.2, -0.15) is 5.26 Å². The topological polar surface area (TPSA) is 98.5 Å². The van der Waals surface area contributed by atoms with Gasteiger partial charge in [0.1, 0.15) is 41.3 Å². The van der Waals surface area contributed by atoms with Crippen LogP contribution in [0.4, 0.5) is 0 Å². The molecule has 1 atom stereocenters. The van der Waals surface area contributed by atoms with Crippen LogP contribution in [0.3, 0.4) is 0 Å². The van der Waals surface area contributed by atoms with E-state index in [1.54, 1.807) is 12.1 Å². The fourth-order valence-electron chi connectivity index (χ4n) is 3.48. The number of ketones is 1. The Balaban J connectivity index is 1.63. The summed E-state index contributed by atoms with van der Waals surface area (Å²) >= 11 is 3.44. The Kier molecular flexibility index (Phi) is 4.97. The molecule has 1 aliphatic heterocycles. The molecule has 2 aliphatic rings. The van der Waals surface area contributed by atoms with Gasteiger partial charge in [-0.15, -0.1) is 0 Å². The van der Waals surface area contributed by atoms with E-state index in [1.165, 1.54) is 0 Å². The molecular formula is C21H17BrN2O4. The van der Waals surface area contributed by atoms with E-state index >= 15 is 0 Å². The van der Waals surface area contributed by atoms with E-state index in [-0.39, 0.29) is 23.8 Å². The van der Waals surface area contributed by atoms with Crippen molar-refractivity contribution in [2.45, 2.75) is 31.8 Å². The van der Waals surface area contributed by atoms with Crippen molar-refractivity contribution in [3.8, 4) is 11.8 Å². The minimum absolute atomic E-state index is 0.0309. The first kappa shape index (κ1) is 18.4. The molecule has 4 rings (SSSR count). The third kappa shape index (κ3) is 3.32. The SMILES string of the molecule is N#CC1=C(N)OC2=C(C(=O)CCC2)[C@H]1c1ccc(COc2ccccc2Br)o1. The normalized spacial score (nSPS) is 19.1. The largest absolute Gasteiger partial charge is 0.484 e. The first-order chi connectivity index (χ1) is 13.6. The highest BCUT2D eigenvalue weighted by atomic mass is 79.9. The van der Waals surface area contributed by atoms with Crippen molar-refractivity contribution in [1.82, 2.24) is 0 Å². The van der Waals surface area contributed by atoms with Gasteiger partial charge in [0.15, 0.2) is 5.78 Å². The zero-order valence-corrected chi connectivity index (χ0v) is 16.5. The Morgan fingerprint density at radius 3 is 2.86 bits per heavy atom. The van der Waals surface area contributed by atoms with E-state index in [9.17, 15) is 10.1 Å². The van der Waals surface area contributed by atoms with Gasteiger partial charge in [-0.05, 0) is 46.6 Å². The number of allylic oxidation sites excluding steroid dienone is 3. The van der Waals surface area contributed by atoms with E-state index < -0.39 is 5.92 Å². The number of furan rings is 1. The molecular weight excluding hydrogens is 424 g/mol. The molecule has 1 aliphatic carbocycles. The van der Waals surface area contributed by atoms with Crippen LogP contribution in [-0.4, -0.2) is 5.78 Å². The van der Waals surface area contributed by atoms with Crippen molar-refractivity contribution in [1.29, 1.82) is 5.26 Å². The lowest BCUT2D eigenvalue weighted by Gasteiger charge is -2.29. The Labute approximate surface area is 170 Å². The van der Waals surface area contributed by atoms with Gasteiger partial charge in [-0.3, -0.25) is 4.79 Å². The fourth-order valence-corrected chi connectivity index (χ4v) is 3.88. The van der Waals surface area contributed by atoms with E-state index in [4.69, 9.17) is 19.6 Å². The van der Waals surface area contributed by atoms with Crippen molar-refractivity contribution in [3.05, 3.63) is 75.2 Å². The lowest BCUT2D eigenvalue weighted by atomic mass is 9.80. The van der Waals surface area contributed by atoms with E-state index in [1.807, 2.05) is 24.3 Å². The highest BCUT2D eigenvalue weighted by molar-refractivity contribution is 9.10. The molecule has 1 aromatic heterocycles. The maximum Gasteiger partial charge on any atom is 0.205 e. The minimum atomic E-state index is -0.640. The predicted molar refractivity (Wildman–Crippen MR) is 104 cm³/mol. The molecule has 0 amide bonds. The van der Waals surface area contributed by atoms with Crippen molar-refractivity contribution in [3.63, 3.8) is 0 Å². The van der Waals surface area contributed by atoms with Crippen molar-refractivity contribution in [2.24, 2.45) is 5.73 Å². The number of para-hydroxylation sites is 1. The summed E-state index contributed by atoms with van der Waals surface area (Å²) in [6.07, 6.45) is 1.76. The number of halogens is 1. The van der Waals surface area contributed by atoms with Crippen LogP contribution in [0.5, 0.6) is 5.75 Å². The number of nitrogens with zero attached hydrogens (tertiary/aromatic N) is 1. The molecule has 1 aromatic carbocycles. The van der Waals surface area contributed by atoms with E-state index in [2.05, 4.69) is 22.0 Å². The van der Waals surface area contributed by atoms with Gasteiger partial charge in [-0.1, -0.05) is 12.1 Å². The summed E-state index contributed by atoms with van der Waals surface area (Å²) in [7, 11) is 0. The van der Waals surface area contributed by atoms with Crippen LogP contribution >= 0.6 is 15.9 Å². The highest BCUT2D eigenvalue weighted by Crippen LogP contribution is 2.43. The van der Waals surface area contributed by atoms with Crippen LogP contribution in [0, 0.1) is 11.3 Å². The summed E-state index contributed by atoms with van der Waals surface area (Å²) in [5, 5.41) is 9.59. The molecule has 6 nitrogen and oxygen atoms in total. The van der Waals surface area contributed by atoms with Gasteiger partial charge in [0.25, 0.3) is 0 Å². The lowest BCUT2D eigenvalue weighted by Crippen LogP contribution is -2.27. The molecule has 0 spiro atoms. The zero-order chi connectivity index (χ0) is 19.7. The summed E-state index contributed by atoms with van der Waals surface area (Å²) < 4.78 is 18.1. The van der Waals surface area contributed by atoms with Crippen LogP contribution in [0.25, 0.3) is 0 Å². The quantitative estimate of drug-likeness (QED) is 0.754. The molecule has 0 radical (unpaired) electrons. The fraction of sp³-hybridized carbons (Fsp3) is 0.238. The molecule has 142 valence electrons. The molecule has 7 heteroatoms. The summed E-state index contributed by atoms with van der Waals surface area (Å²) in [6.45, 7) is 0.215. The van der Waals surface area contributed by atoms with Gasteiger partial charge in [0.05, 0.1) is 10.4 Å². The molecule has 2 N–H and O–H groups in total. The van der Waals surface area contributed by atoms with Gasteiger partial charge < -0.3 is 19.6 Å². The molecule has 0 bridgehead atoms. The van der Waals surface area contributed by atoms with E-state index in [0.29, 0.717) is 47.9 Å². The number of nitriles is 1. The second-order valence-corrected chi connectivity index (χ2v) is 7.42. The smallest absolute Gasteiger partial charge is 0.205 e. The van der Waals surface area contributed by atoms with Gasteiger partial charge in [-0.25, -0.2) is 0 Å². The number of nitrogens with two attached hydrogens (primary N) is 1. The summed E-state index contributed by atoms with van der Waals surface area (Å²) in [4.78, 5) is 12.6. The van der Waals surface area contributed by atoms with E-state index in [0.717, 1.165) is 4.47 Å². The van der Waals surface area contributed by atoms with Crippen LogP contribution in [0.15, 0.2) is 68.1 Å². The standard InChI is InChI=1S/C21H17BrN2O4/c22-14-4-1-2-6-16(14)26-11-12-8-9-18(27-12)19-13(10-23)21(24)28-17-7-3-5-15(25)20(17)19/h1-2,4,6,8-9,19H,3,5,7,11,24H2/t19-/m1/s1. The van der Waals surface area contributed by atoms with Crippen LogP contribution in [-0.2, 0) is 16.1 Å². The minimum Gasteiger partial charge on any atom is -0.484 e. The van der Waals surface area contributed by atoms with Crippen LogP contribution in [0.2, 0.25) is 0 Å². The zero-order valence-electron chi connectivity index (χ0n) is 14.9. The molecule has 0 fully saturated rings. The maximum atomic E-state index is 12.6. The van der Waals surface area contributed by atoms with Gasteiger partial charge in [0.2, 0.25) is 5.88 Å². The molecule has 2 aromatic rings. The monoisotopic (exact) mass is 440 g/mol. The summed E-state index contributed by atoms with van der Waals surface area (Å²) in [5.41, 5.74) is 6.62. The molecule has 0 saturated carbocycles. The number of benzene rings is 1. The Hall–Kier alpha value is -2.98. The van der Waals surface area contributed by atoms with Crippen LogP contribution < -0.4 is 10.5 Å². The van der Waals surface area contributed by atoms with Crippen molar-refractivity contribution < 1.29 is 18.7 Å².